The number of fused-ring (bicyclic) bond motifs is 1. The maximum Gasteiger partial charge on any atom is 0.311 e. The van der Waals surface area contributed by atoms with Crippen molar-refractivity contribution < 1.29 is 18.7 Å². The number of furan rings is 1. The van der Waals surface area contributed by atoms with E-state index in [9.17, 15) is 9.59 Å². The third-order valence-corrected chi connectivity index (χ3v) is 6.36. The van der Waals surface area contributed by atoms with Crippen LogP contribution in [0.25, 0.3) is 0 Å². The molecule has 0 radical (unpaired) electrons. The Hall–Kier alpha value is -2.30. The van der Waals surface area contributed by atoms with Crippen LogP contribution in [0.5, 0.6) is 0 Å². The second-order valence-electron chi connectivity index (χ2n) is 7.80. The van der Waals surface area contributed by atoms with Crippen LogP contribution >= 0.6 is 11.5 Å². The normalized spacial score (nSPS) is 23.1. The number of esters is 1. The van der Waals surface area contributed by atoms with Gasteiger partial charge in [-0.1, -0.05) is 4.49 Å². The fourth-order valence-electron chi connectivity index (χ4n) is 4.26. The third-order valence-electron chi connectivity index (χ3n) is 5.73. The molecule has 1 amide bonds. The molecule has 0 unspecified atom stereocenters. The molecule has 2 atom stereocenters. The second kappa shape index (κ2) is 9.23. The van der Waals surface area contributed by atoms with Gasteiger partial charge in [-0.2, -0.15) is 0 Å². The summed E-state index contributed by atoms with van der Waals surface area (Å²) in [4.78, 5) is 32.8. The van der Waals surface area contributed by atoms with Gasteiger partial charge in [-0.3, -0.25) is 19.4 Å². The Balaban J connectivity index is 1.50. The van der Waals surface area contributed by atoms with Gasteiger partial charge in [0.05, 0.1) is 30.2 Å². The van der Waals surface area contributed by atoms with E-state index in [1.54, 1.807) is 6.26 Å². The van der Waals surface area contributed by atoms with Crippen LogP contribution < -0.4 is 0 Å². The number of rotatable bonds is 5. The van der Waals surface area contributed by atoms with Crippen LogP contribution in [0.3, 0.4) is 0 Å². The first-order valence-electron chi connectivity index (χ1n) is 10.3. The van der Waals surface area contributed by atoms with E-state index >= 15 is 0 Å². The number of hydrogen-bond acceptors (Lipinski definition) is 9. The first kappa shape index (κ1) is 21.0. The monoisotopic (exact) mass is 433 g/mol. The quantitative estimate of drug-likeness (QED) is 0.651. The molecule has 0 bridgehead atoms. The van der Waals surface area contributed by atoms with Gasteiger partial charge in [0.1, 0.15) is 5.76 Å². The van der Waals surface area contributed by atoms with Crippen LogP contribution in [0.15, 0.2) is 22.8 Å². The minimum absolute atomic E-state index is 0.0651. The molecule has 2 aliphatic rings. The Morgan fingerprint density at radius 3 is 2.83 bits per heavy atom. The van der Waals surface area contributed by atoms with Crippen LogP contribution in [0, 0.1) is 12.8 Å². The van der Waals surface area contributed by atoms with Gasteiger partial charge in [0.15, 0.2) is 5.69 Å². The molecule has 30 heavy (non-hydrogen) atoms. The molecule has 4 heterocycles. The topological polar surface area (TPSA) is 92.0 Å². The first-order chi connectivity index (χ1) is 14.5. The smallest absolute Gasteiger partial charge is 0.311 e. The Labute approximate surface area is 179 Å². The fraction of sp³-hybridized carbons (Fsp3) is 0.600. The van der Waals surface area contributed by atoms with E-state index in [1.807, 2.05) is 30.9 Å². The van der Waals surface area contributed by atoms with Crippen molar-refractivity contribution in [2.75, 3.05) is 45.9 Å². The van der Waals surface area contributed by atoms with E-state index in [2.05, 4.69) is 19.4 Å². The van der Waals surface area contributed by atoms with Gasteiger partial charge in [0, 0.05) is 45.3 Å². The molecule has 0 N–H and O–H groups in total. The zero-order valence-corrected chi connectivity index (χ0v) is 18.1. The number of carbonyl (C=O) groups is 2. The van der Waals surface area contributed by atoms with Crippen LogP contribution in [0.2, 0.25) is 0 Å². The summed E-state index contributed by atoms with van der Waals surface area (Å²) in [7, 11) is 0. The Bertz CT molecular complexity index is 870. The molecule has 2 aliphatic heterocycles. The second-order valence-corrected chi connectivity index (χ2v) is 8.76. The van der Waals surface area contributed by atoms with E-state index in [0.717, 1.165) is 23.7 Å². The van der Waals surface area contributed by atoms with Crippen molar-refractivity contribution in [3.05, 3.63) is 34.7 Å². The van der Waals surface area contributed by atoms with Crippen molar-refractivity contribution in [3.8, 4) is 0 Å². The lowest BCUT2D eigenvalue weighted by molar-refractivity contribution is -0.149. The van der Waals surface area contributed by atoms with E-state index < -0.39 is 0 Å². The molecule has 0 spiro atoms. The van der Waals surface area contributed by atoms with Crippen molar-refractivity contribution in [2.45, 2.75) is 26.4 Å². The summed E-state index contributed by atoms with van der Waals surface area (Å²) in [6.07, 6.45) is 1.66. The zero-order valence-electron chi connectivity index (χ0n) is 17.3. The summed E-state index contributed by atoms with van der Waals surface area (Å²) in [5.41, 5.74) is 0.443. The van der Waals surface area contributed by atoms with Crippen molar-refractivity contribution in [3.63, 3.8) is 0 Å². The van der Waals surface area contributed by atoms with Crippen LogP contribution in [-0.4, -0.2) is 88.1 Å². The predicted octanol–water partition coefficient (Wildman–Crippen LogP) is 1.26. The maximum atomic E-state index is 12.9. The van der Waals surface area contributed by atoms with E-state index in [1.165, 1.54) is 11.5 Å². The highest BCUT2D eigenvalue weighted by atomic mass is 32.1. The average molecular weight is 434 g/mol. The Morgan fingerprint density at radius 1 is 1.27 bits per heavy atom. The Morgan fingerprint density at radius 2 is 2.13 bits per heavy atom. The number of hydrogen-bond donors (Lipinski definition) is 0. The number of aryl methyl sites for hydroxylation is 1. The molecule has 0 aromatic carbocycles. The summed E-state index contributed by atoms with van der Waals surface area (Å²) in [5.74, 6) is 0.408. The van der Waals surface area contributed by atoms with Crippen LogP contribution in [0.1, 0.15) is 28.0 Å². The molecular formula is C20H27N5O4S. The number of amides is 1. The summed E-state index contributed by atoms with van der Waals surface area (Å²) in [6.45, 7) is 8.61. The highest BCUT2D eigenvalue weighted by molar-refractivity contribution is 7.05. The fourth-order valence-corrected chi connectivity index (χ4v) is 4.72. The lowest BCUT2D eigenvalue weighted by atomic mass is 10.1. The van der Waals surface area contributed by atoms with Crippen molar-refractivity contribution in [1.29, 1.82) is 0 Å². The molecule has 2 aromatic rings. The molecule has 9 nitrogen and oxygen atoms in total. The van der Waals surface area contributed by atoms with Gasteiger partial charge < -0.3 is 14.1 Å². The molecule has 10 heteroatoms. The summed E-state index contributed by atoms with van der Waals surface area (Å²) in [6, 6.07) is 3.94. The minimum Gasteiger partial charge on any atom is -0.468 e. The molecule has 0 aliphatic carbocycles. The minimum atomic E-state index is -0.225. The van der Waals surface area contributed by atoms with Gasteiger partial charge >= 0.3 is 5.97 Å². The number of ether oxygens (including phenoxy) is 1. The number of aromatic nitrogens is 2. The van der Waals surface area contributed by atoms with Gasteiger partial charge in [0.25, 0.3) is 5.91 Å². The predicted molar refractivity (Wildman–Crippen MR) is 110 cm³/mol. The van der Waals surface area contributed by atoms with Crippen LogP contribution in [0.4, 0.5) is 0 Å². The van der Waals surface area contributed by atoms with Crippen molar-refractivity contribution in [2.24, 2.45) is 5.92 Å². The van der Waals surface area contributed by atoms with Crippen molar-refractivity contribution >= 4 is 23.4 Å². The third kappa shape index (κ3) is 4.55. The first-order valence-corrected chi connectivity index (χ1v) is 11.1. The number of carbonyl (C=O) groups excluding carboxylic acids is 2. The SMILES string of the molecule is CCOC(=O)[C@H]1CN(Cc2ccco2)C[C@@H]2CN(C(=O)c3nnsc3C)CCN2C1. The lowest BCUT2D eigenvalue weighted by Crippen LogP contribution is -2.57. The standard InChI is InChI=1S/C20H27N5O4S/c1-3-28-20(27)15-9-23(13-17-5-4-8-29-17)11-16-12-25(7-6-24(16)10-15)19(26)18-14(2)30-22-21-18/h4-5,8,15-16H,3,6-7,9-13H2,1-2H3/t15-,16+/m0/s1. The largest absolute Gasteiger partial charge is 0.468 e. The number of nitrogens with zero attached hydrogens (tertiary/aromatic N) is 5. The summed E-state index contributed by atoms with van der Waals surface area (Å²) < 4.78 is 14.8. The highest BCUT2D eigenvalue weighted by Gasteiger charge is 2.38. The van der Waals surface area contributed by atoms with Crippen LogP contribution in [-0.2, 0) is 16.1 Å². The summed E-state index contributed by atoms with van der Waals surface area (Å²) >= 11 is 1.24. The summed E-state index contributed by atoms with van der Waals surface area (Å²) in [5, 5.41) is 4.01. The van der Waals surface area contributed by atoms with Gasteiger partial charge in [-0.25, -0.2) is 0 Å². The lowest BCUT2D eigenvalue weighted by Gasteiger charge is -2.41. The molecule has 2 aromatic heterocycles. The average Bonchev–Trinajstić information content (AvgIpc) is 3.35. The van der Waals surface area contributed by atoms with Gasteiger partial charge in [0.2, 0.25) is 0 Å². The maximum absolute atomic E-state index is 12.9. The Kier molecular flexibility index (Phi) is 6.45. The number of piperazine rings is 1. The molecule has 4 rings (SSSR count). The molecular weight excluding hydrogens is 406 g/mol. The zero-order chi connectivity index (χ0) is 21.1. The highest BCUT2D eigenvalue weighted by Crippen LogP contribution is 2.23. The van der Waals surface area contributed by atoms with E-state index in [-0.39, 0.29) is 23.8 Å². The molecule has 2 fully saturated rings. The van der Waals surface area contributed by atoms with Gasteiger partial charge in [-0.05, 0) is 37.5 Å². The van der Waals surface area contributed by atoms with E-state index in [0.29, 0.717) is 45.0 Å². The molecule has 162 valence electrons. The van der Waals surface area contributed by atoms with Gasteiger partial charge in [-0.15, -0.1) is 5.10 Å². The molecule has 0 saturated carbocycles. The molecule has 2 saturated heterocycles. The van der Waals surface area contributed by atoms with Crippen molar-refractivity contribution in [1.82, 2.24) is 24.3 Å². The van der Waals surface area contributed by atoms with E-state index in [4.69, 9.17) is 9.15 Å².